The molecular weight excluding hydrogens is 1390 g/mol. The summed E-state index contributed by atoms with van der Waals surface area (Å²) < 4.78 is 8.75. The number of hydrogen-bond acceptors (Lipinski definition) is 12. The molecule has 96 heavy (non-hydrogen) atoms. The van der Waals surface area contributed by atoms with Crippen LogP contribution >= 0.6 is 141 Å². The first kappa shape index (κ1) is 73.1. The van der Waals surface area contributed by atoms with Crippen molar-refractivity contribution in [3.05, 3.63) is 163 Å². The quantitative estimate of drug-likeness (QED) is 0.165. The second-order valence-electron chi connectivity index (χ2n) is 27.9. The maximum absolute atomic E-state index is 2.57. The van der Waals surface area contributed by atoms with Crippen LogP contribution in [0.3, 0.4) is 0 Å². The fourth-order valence-electron chi connectivity index (χ4n) is 14.9. The third kappa shape index (κ3) is 18.4. The second kappa shape index (κ2) is 36.4. The Balaban J connectivity index is 1.17. The van der Waals surface area contributed by atoms with Gasteiger partial charge in [0.15, 0.2) is 0 Å². The van der Waals surface area contributed by atoms with Crippen LogP contribution in [0.25, 0.3) is 57.7 Å². The lowest BCUT2D eigenvalue weighted by molar-refractivity contribution is 0.553. The molecule has 9 aliphatic rings. The van der Waals surface area contributed by atoms with Crippen molar-refractivity contribution in [1.29, 1.82) is 0 Å². The highest BCUT2D eigenvalue weighted by atomic mass is 32.2. The van der Waals surface area contributed by atoms with Gasteiger partial charge in [-0.25, -0.2) is 0 Å². The summed E-state index contributed by atoms with van der Waals surface area (Å²) in [6, 6.07) is 30.8. The minimum atomic E-state index is 1.18. The van der Waals surface area contributed by atoms with E-state index in [4.69, 9.17) is 0 Å². The molecule has 16 rings (SSSR count). The highest BCUT2D eigenvalue weighted by Crippen LogP contribution is 2.57. The maximum atomic E-state index is 2.57. The van der Waals surface area contributed by atoms with Crippen LogP contribution < -0.4 is 31.3 Å². The average molecular weight is 1500 g/mol. The van der Waals surface area contributed by atoms with Crippen molar-refractivity contribution in [3.8, 4) is 0 Å². The topological polar surface area (TPSA) is 0 Å². The van der Waals surface area contributed by atoms with Gasteiger partial charge in [0.25, 0.3) is 0 Å². The van der Waals surface area contributed by atoms with Crippen LogP contribution in [0.1, 0.15) is 273 Å². The Morgan fingerprint density at radius 1 is 0.156 bits per heavy atom. The second-order valence-corrected chi connectivity index (χ2v) is 43.4. The zero-order valence-electron chi connectivity index (χ0n) is 58.3. The predicted octanol–water partition coefficient (Wildman–Crippen LogP) is 28.6. The van der Waals surface area contributed by atoms with Crippen molar-refractivity contribution in [1.82, 2.24) is 0 Å². The Morgan fingerprint density at radius 3 is 0.396 bits per heavy atom. The molecule has 0 fully saturated rings. The van der Waals surface area contributed by atoms with Crippen LogP contribution in [-0.2, 0) is 0 Å². The molecule has 7 aromatic rings. The van der Waals surface area contributed by atoms with Gasteiger partial charge in [0.2, 0.25) is 0 Å². The van der Waals surface area contributed by atoms with E-state index in [0.717, 1.165) is 0 Å². The predicted molar refractivity (Wildman–Crippen MR) is 457 cm³/mol. The molecule has 0 aliphatic carbocycles. The number of benzene rings is 3. The number of allylic oxidation sites excluding steroid dienone is 12. The van der Waals surface area contributed by atoms with Crippen LogP contribution in [0.4, 0.5) is 0 Å². The van der Waals surface area contributed by atoms with Crippen molar-refractivity contribution < 1.29 is 0 Å². The molecule has 0 spiro atoms. The largest absolute Gasteiger partial charge is 0.0860 e. The van der Waals surface area contributed by atoms with Gasteiger partial charge in [0, 0.05) is 31.3 Å². The number of fused-ring (bicyclic) bond motifs is 15. The van der Waals surface area contributed by atoms with Crippen molar-refractivity contribution in [2.24, 2.45) is 0 Å². The lowest BCUT2D eigenvalue weighted by atomic mass is 10.0. The molecule has 7 aromatic carbocycles. The zero-order valence-corrected chi connectivity index (χ0v) is 68.1. The Bertz CT molecular complexity index is 3570. The maximum Gasteiger partial charge on any atom is 0.0577 e. The van der Waals surface area contributed by atoms with Gasteiger partial charge in [-0.1, -0.05) is 368 Å². The van der Waals surface area contributed by atoms with Crippen LogP contribution in [-0.4, -0.2) is 0 Å². The molecule has 9 aliphatic heterocycles. The summed E-state index contributed by atoms with van der Waals surface area (Å²) in [7, 11) is 0. The Hall–Kier alpha value is -1.26. The molecule has 0 N–H and O–H groups in total. The van der Waals surface area contributed by atoms with E-state index in [9.17, 15) is 0 Å². The van der Waals surface area contributed by atoms with Gasteiger partial charge in [0.1, 0.15) is 0 Å². The average Bonchev–Trinajstić information content (AvgIpc) is 1.46. The van der Waals surface area contributed by atoms with E-state index >= 15 is 0 Å². The van der Waals surface area contributed by atoms with Gasteiger partial charge in [0.05, 0.1) is 25.4 Å². The van der Waals surface area contributed by atoms with Crippen LogP contribution in [0.2, 0.25) is 0 Å². The number of thioether (sulfide) groups is 12. The highest BCUT2D eigenvalue weighted by Gasteiger charge is 2.28. The zero-order chi connectivity index (χ0) is 65.7. The molecule has 0 radical (unpaired) electrons. The van der Waals surface area contributed by atoms with E-state index in [-0.39, 0.29) is 0 Å². The van der Waals surface area contributed by atoms with Gasteiger partial charge in [-0.05, 0) is 210 Å². The number of rotatable bonds is 0. The van der Waals surface area contributed by atoms with Gasteiger partial charge < -0.3 is 0 Å². The molecule has 0 aromatic heterocycles. The molecule has 0 atom stereocenters. The fraction of sp³-hybridized carbons (Fsp3) is 0.500. The Morgan fingerprint density at radius 2 is 0.271 bits per heavy atom. The first-order valence-electron chi connectivity index (χ1n) is 37.2. The van der Waals surface area contributed by atoms with E-state index in [1.54, 1.807) is 29.4 Å². The highest BCUT2D eigenvalue weighted by molar-refractivity contribution is 8.38. The monoisotopic (exact) mass is 1490 g/mol. The number of hydrogen-bond donors (Lipinski definition) is 0. The lowest BCUT2D eigenvalue weighted by Gasteiger charge is -2.09. The van der Waals surface area contributed by atoms with Crippen LogP contribution in [0, 0.1) is 0 Å². The molecule has 0 nitrogen and oxygen atoms in total. The molecule has 0 unspecified atom stereocenters. The SMILES string of the molecule is CC1=C2CCCCCCCCCCCCC3=C(C)S/C(=c4\c5c6ccc(cc6)c(/c6c7ccc(cc7)c(/c(c7ccc4cc7)=C(\S1)S2)=C1/SC(C)=C(CCCCCCCCCCCCC2=C(C)S/C=6S2)S1)=C1/SC(C)=C(CCCCCCCCCCCCC2=C(C)S\C=5S2)S1)S3. The summed E-state index contributed by atoms with van der Waals surface area (Å²) in [6.07, 6.45) is 47.4. The van der Waals surface area contributed by atoms with E-state index in [0.29, 0.717) is 0 Å². The Labute approximate surface area is 628 Å². The first-order valence-corrected chi connectivity index (χ1v) is 47.0. The third-order valence-corrected chi connectivity index (χ3v) is 37.0. The van der Waals surface area contributed by atoms with Gasteiger partial charge in [-0.3, -0.25) is 0 Å². The first-order chi connectivity index (χ1) is 47.1. The van der Waals surface area contributed by atoms with Crippen molar-refractivity contribution in [2.45, 2.75) is 273 Å². The van der Waals surface area contributed by atoms with E-state index in [2.05, 4.69) is 255 Å². The molecule has 24 bridgehead atoms. The lowest BCUT2D eigenvalue weighted by Crippen LogP contribution is -2.29. The van der Waals surface area contributed by atoms with E-state index in [1.807, 2.05) is 0 Å². The molecule has 0 saturated heterocycles. The van der Waals surface area contributed by atoms with Crippen molar-refractivity contribution in [2.75, 3.05) is 0 Å². The molecular formula is C84H102S12. The molecule has 9 heterocycles. The van der Waals surface area contributed by atoms with Crippen molar-refractivity contribution >= 4 is 199 Å². The molecule has 12 heteroatoms. The fourth-order valence-corrected chi connectivity index (χ4v) is 32.0. The summed E-state index contributed by atoms with van der Waals surface area (Å²) in [5, 5.41) is 16.5. The normalized spacial score (nSPS) is 25.6. The standard InChI is InChI=1S/C84H102S12/c1-55-67-37-31-25-19-13-7-8-14-20-27-33-39-69-57(3)87-81(93-69)75-63-45-43-61(44-46-63)73(79(85-55)91-67)74-62-47-49-64(50-48-62)76(82-88-58(4)70(94-82)40-34-28-22-16-10-9-15-21-26-32-38-68-56(2)86-80(74)92-68)78-66-53-51-65(52-54-66)77(75)83-89-59(5)71(95-83)41-35-29-23-17-11-12-18-24-30-36-42-72-60(6)90-84(78)96-72/h43-54H,7-42H2,1-6H3/b79-73+,80-74+,81-75+,82-76+,83-77+,84-78+. The molecule has 0 saturated carbocycles. The summed E-state index contributed by atoms with van der Waals surface area (Å²) >= 11 is 25.2. The van der Waals surface area contributed by atoms with Gasteiger partial charge >= 0.3 is 0 Å². The molecule has 510 valence electrons. The van der Waals surface area contributed by atoms with Gasteiger partial charge in [-0.2, -0.15) is 0 Å². The third-order valence-electron chi connectivity index (χ3n) is 20.7. The summed E-state index contributed by atoms with van der Waals surface area (Å²) in [6.45, 7) is 14.7. The van der Waals surface area contributed by atoms with Crippen LogP contribution in [0.15, 0.2) is 132 Å². The molecule has 0 amide bonds. The Kier molecular flexibility index (Phi) is 27.7. The minimum Gasteiger partial charge on any atom is -0.0860 e. The van der Waals surface area contributed by atoms with E-state index in [1.165, 1.54) is 350 Å². The van der Waals surface area contributed by atoms with E-state index < -0.39 is 0 Å². The van der Waals surface area contributed by atoms with Gasteiger partial charge in [-0.15, -0.1) is 0 Å². The summed E-state index contributed by atoms with van der Waals surface area (Å²) in [4.78, 5) is 18.6. The van der Waals surface area contributed by atoms with Crippen LogP contribution in [0.5, 0.6) is 0 Å². The summed E-state index contributed by atoms with van der Waals surface area (Å²) in [5.41, 5.74) is 0. The van der Waals surface area contributed by atoms with Crippen molar-refractivity contribution in [3.63, 3.8) is 0 Å². The summed E-state index contributed by atoms with van der Waals surface area (Å²) in [5.74, 6) is 0. The smallest absolute Gasteiger partial charge is 0.0577 e. The minimum absolute atomic E-state index is 1.18.